The molecule has 0 spiro atoms. The first-order chi connectivity index (χ1) is 21.3. The van der Waals surface area contributed by atoms with Crippen molar-refractivity contribution in [1.82, 2.24) is 19.9 Å². The number of hydrogen-bond acceptors (Lipinski definition) is 9. The molecule has 44 heavy (non-hydrogen) atoms. The average molecular weight is 612 g/mol. The van der Waals surface area contributed by atoms with E-state index < -0.39 is 53.0 Å². The fraction of sp³-hybridized carbons (Fsp3) is 0.125. The number of anilines is 1. The highest BCUT2D eigenvalue weighted by Gasteiger charge is 2.27. The maximum absolute atomic E-state index is 13.7. The summed E-state index contributed by atoms with van der Waals surface area (Å²) in [5.74, 6) is -3.15. The zero-order valence-electron chi connectivity index (χ0n) is 23.2. The van der Waals surface area contributed by atoms with E-state index in [0.717, 1.165) is 33.6 Å². The smallest absolute Gasteiger partial charge is 0.347 e. The number of hydrogen-bond donors (Lipinski definition) is 2. The summed E-state index contributed by atoms with van der Waals surface area (Å²) < 4.78 is 20.0. The number of nitrogens with two attached hydrogens (primary N) is 1. The SMILES string of the molecule is Nc1nc(-c2ccc(F)cc2)n(CC(=O)NC(Cc2ccccc2)C(=O)c2nccs2)c(=O)c1C(=O)OCc1ccccc1. The summed E-state index contributed by atoms with van der Waals surface area (Å²) in [6.45, 7) is -0.757. The number of nitrogens with zero attached hydrogens (tertiary/aromatic N) is 3. The molecule has 0 aliphatic heterocycles. The van der Waals surface area contributed by atoms with Gasteiger partial charge in [-0.3, -0.25) is 19.0 Å². The van der Waals surface area contributed by atoms with Gasteiger partial charge in [-0.2, -0.15) is 0 Å². The van der Waals surface area contributed by atoms with E-state index in [1.807, 2.05) is 30.3 Å². The van der Waals surface area contributed by atoms with Crippen molar-refractivity contribution in [2.75, 3.05) is 5.73 Å². The van der Waals surface area contributed by atoms with E-state index in [-0.39, 0.29) is 29.4 Å². The van der Waals surface area contributed by atoms with Gasteiger partial charge in [-0.25, -0.2) is 19.2 Å². The molecule has 5 rings (SSSR count). The first-order valence-corrected chi connectivity index (χ1v) is 14.3. The third kappa shape index (κ3) is 7.10. The molecule has 0 bridgehead atoms. The zero-order valence-corrected chi connectivity index (χ0v) is 24.0. The lowest BCUT2D eigenvalue weighted by atomic mass is 10.0. The molecule has 0 radical (unpaired) electrons. The Morgan fingerprint density at radius 3 is 2.25 bits per heavy atom. The van der Waals surface area contributed by atoms with Gasteiger partial charge in [0.1, 0.15) is 30.6 Å². The minimum atomic E-state index is -1.02. The quantitative estimate of drug-likeness (QED) is 0.168. The van der Waals surface area contributed by atoms with Gasteiger partial charge in [-0.05, 0) is 35.4 Å². The van der Waals surface area contributed by atoms with E-state index in [1.54, 1.807) is 35.7 Å². The Hall–Kier alpha value is -5.49. The van der Waals surface area contributed by atoms with Crippen molar-refractivity contribution in [3.05, 3.63) is 134 Å². The number of amides is 1. The maximum atomic E-state index is 13.7. The highest BCUT2D eigenvalue weighted by molar-refractivity contribution is 7.11. The van der Waals surface area contributed by atoms with E-state index in [1.165, 1.54) is 18.3 Å². The predicted molar refractivity (Wildman–Crippen MR) is 162 cm³/mol. The third-order valence-electron chi connectivity index (χ3n) is 6.60. The van der Waals surface area contributed by atoms with Crippen molar-refractivity contribution in [2.45, 2.75) is 25.6 Å². The van der Waals surface area contributed by atoms with Crippen LogP contribution < -0.4 is 16.6 Å². The Labute approximate surface area is 255 Å². The first-order valence-electron chi connectivity index (χ1n) is 13.4. The molecular formula is C32H26FN5O5S. The van der Waals surface area contributed by atoms with E-state index in [9.17, 15) is 23.6 Å². The standard InChI is InChI=1S/C32H26FN5O5S/c33-23-13-11-22(12-14-23)29-37-28(34)26(32(42)43-19-21-9-5-2-6-10-21)31(41)38(29)18-25(39)36-24(17-20-7-3-1-4-8-20)27(40)30-35-15-16-44-30/h1-16,24H,17-19,34H2,(H,36,39). The lowest BCUT2D eigenvalue weighted by molar-refractivity contribution is -0.122. The Morgan fingerprint density at radius 1 is 0.955 bits per heavy atom. The molecule has 0 saturated carbocycles. The van der Waals surface area contributed by atoms with Crippen LogP contribution in [0, 0.1) is 5.82 Å². The van der Waals surface area contributed by atoms with Crippen LogP contribution in [0.15, 0.2) is 101 Å². The van der Waals surface area contributed by atoms with Gasteiger partial charge < -0.3 is 15.8 Å². The van der Waals surface area contributed by atoms with Gasteiger partial charge in [0, 0.05) is 23.6 Å². The van der Waals surface area contributed by atoms with Gasteiger partial charge in [-0.1, -0.05) is 60.7 Å². The molecule has 2 heterocycles. The summed E-state index contributed by atoms with van der Waals surface area (Å²) in [6.07, 6.45) is 1.66. The van der Waals surface area contributed by atoms with E-state index in [0.29, 0.717) is 5.56 Å². The van der Waals surface area contributed by atoms with Crippen molar-refractivity contribution in [3.8, 4) is 11.4 Å². The van der Waals surface area contributed by atoms with Gasteiger partial charge in [0.2, 0.25) is 11.7 Å². The molecule has 3 N–H and O–H groups in total. The highest BCUT2D eigenvalue weighted by Crippen LogP contribution is 2.20. The minimum absolute atomic E-state index is 0.0758. The number of ketones is 1. The number of aromatic nitrogens is 3. The van der Waals surface area contributed by atoms with Crippen LogP contribution in [-0.2, 0) is 29.1 Å². The lowest BCUT2D eigenvalue weighted by Crippen LogP contribution is -2.45. The second-order valence-electron chi connectivity index (χ2n) is 9.67. The highest BCUT2D eigenvalue weighted by atomic mass is 32.1. The van der Waals surface area contributed by atoms with Crippen LogP contribution >= 0.6 is 11.3 Å². The van der Waals surface area contributed by atoms with Crippen LogP contribution in [-0.4, -0.2) is 38.2 Å². The number of rotatable bonds is 11. The van der Waals surface area contributed by atoms with Gasteiger partial charge in [0.05, 0.1) is 6.04 Å². The molecule has 1 atom stereocenters. The molecular weight excluding hydrogens is 585 g/mol. The Balaban J connectivity index is 1.47. The van der Waals surface area contributed by atoms with Crippen LogP contribution in [0.25, 0.3) is 11.4 Å². The number of benzene rings is 3. The summed E-state index contributed by atoms with van der Waals surface area (Å²) in [5, 5.41) is 4.58. The number of esters is 1. The van der Waals surface area contributed by atoms with Crippen LogP contribution in [0.5, 0.6) is 0 Å². The van der Waals surface area contributed by atoms with Crippen molar-refractivity contribution in [3.63, 3.8) is 0 Å². The molecule has 10 nitrogen and oxygen atoms in total. The van der Waals surface area contributed by atoms with Crippen molar-refractivity contribution < 1.29 is 23.5 Å². The van der Waals surface area contributed by atoms with E-state index >= 15 is 0 Å². The van der Waals surface area contributed by atoms with E-state index in [4.69, 9.17) is 10.5 Å². The van der Waals surface area contributed by atoms with Crippen LogP contribution in [0.1, 0.15) is 31.3 Å². The number of thiazole rings is 1. The predicted octanol–water partition coefficient (Wildman–Crippen LogP) is 4.06. The first kappa shape index (κ1) is 30.0. The van der Waals surface area contributed by atoms with Crippen LogP contribution in [0.3, 0.4) is 0 Å². The minimum Gasteiger partial charge on any atom is -0.457 e. The molecule has 2 aromatic heterocycles. The number of carbonyl (C=O) groups excluding carboxylic acids is 3. The van der Waals surface area contributed by atoms with Crippen LogP contribution in [0.4, 0.5) is 10.2 Å². The van der Waals surface area contributed by atoms with Crippen molar-refractivity contribution in [1.29, 1.82) is 0 Å². The van der Waals surface area contributed by atoms with E-state index in [2.05, 4.69) is 15.3 Å². The zero-order chi connectivity index (χ0) is 31.1. The number of carbonyl (C=O) groups is 3. The maximum Gasteiger partial charge on any atom is 0.347 e. The molecule has 0 aliphatic rings. The second kappa shape index (κ2) is 13.7. The lowest BCUT2D eigenvalue weighted by Gasteiger charge is -2.19. The van der Waals surface area contributed by atoms with Gasteiger partial charge in [0.15, 0.2) is 10.6 Å². The molecule has 0 fully saturated rings. The molecule has 12 heteroatoms. The monoisotopic (exact) mass is 611 g/mol. The van der Waals surface area contributed by atoms with Crippen molar-refractivity contribution >= 4 is 34.8 Å². The van der Waals surface area contributed by atoms with Gasteiger partial charge >= 0.3 is 5.97 Å². The molecule has 1 amide bonds. The van der Waals surface area contributed by atoms with Crippen molar-refractivity contribution in [2.24, 2.45) is 0 Å². The summed E-state index contributed by atoms with van der Waals surface area (Å²) in [4.78, 5) is 61.9. The number of nitrogens with one attached hydrogen (secondary N) is 1. The molecule has 1 unspecified atom stereocenters. The normalized spacial score (nSPS) is 11.5. The topological polar surface area (TPSA) is 146 Å². The molecule has 0 saturated heterocycles. The fourth-order valence-electron chi connectivity index (χ4n) is 4.46. The number of halogens is 1. The summed E-state index contributed by atoms with van der Waals surface area (Å²) in [5.41, 5.74) is 6.33. The molecule has 5 aromatic rings. The second-order valence-corrected chi connectivity index (χ2v) is 10.6. The van der Waals surface area contributed by atoms with Crippen LogP contribution in [0.2, 0.25) is 0 Å². The van der Waals surface area contributed by atoms with Gasteiger partial charge in [-0.15, -0.1) is 11.3 Å². The molecule has 0 aliphatic carbocycles. The third-order valence-corrected chi connectivity index (χ3v) is 7.38. The molecule has 222 valence electrons. The largest absolute Gasteiger partial charge is 0.457 e. The molecule has 3 aromatic carbocycles. The summed E-state index contributed by atoms with van der Waals surface area (Å²) in [6, 6.07) is 22.0. The fourth-order valence-corrected chi connectivity index (χ4v) is 5.09. The number of Topliss-reactive ketones (excluding diaryl/α,β-unsaturated/α-hetero) is 1. The number of nitrogen functional groups attached to an aromatic ring is 1. The Kier molecular flexibility index (Phi) is 9.31. The van der Waals surface area contributed by atoms with Gasteiger partial charge in [0.25, 0.3) is 5.56 Å². The summed E-state index contributed by atoms with van der Waals surface area (Å²) >= 11 is 1.14. The summed E-state index contributed by atoms with van der Waals surface area (Å²) in [7, 11) is 0. The Morgan fingerprint density at radius 2 is 1.61 bits per heavy atom. The Bertz CT molecular complexity index is 1830. The number of ether oxygens (including phenoxy) is 1. The average Bonchev–Trinajstić information content (AvgIpc) is 3.57.